The Morgan fingerprint density at radius 1 is 1.30 bits per heavy atom. The van der Waals surface area contributed by atoms with Gasteiger partial charge in [-0.15, -0.1) is 11.6 Å². The van der Waals surface area contributed by atoms with Crippen molar-refractivity contribution in [1.82, 2.24) is 0 Å². The van der Waals surface area contributed by atoms with E-state index in [4.69, 9.17) is 39.5 Å². The van der Waals surface area contributed by atoms with Crippen LogP contribution < -0.4 is 4.90 Å². The van der Waals surface area contributed by atoms with E-state index in [1.54, 1.807) is 6.07 Å². The molecule has 5 nitrogen and oxygen atoms in total. The molecule has 0 saturated carbocycles. The lowest BCUT2D eigenvalue weighted by molar-refractivity contribution is -0.120. The summed E-state index contributed by atoms with van der Waals surface area (Å²) in [5.74, 6) is -1.15. The molecule has 3 rings (SSSR count). The van der Waals surface area contributed by atoms with Crippen molar-refractivity contribution in [2.45, 2.75) is 24.3 Å². The fourth-order valence-corrected chi connectivity index (χ4v) is 3.20. The number of aliphatic imine (C=N–C) groups is 1. The zero-order chi connectivity index (χ0) is 16.6. The van der Waals surface area contributed by atoms with E-state index in [1.807, 2.05) is 0 Å². The summed E-state index contributed by atoms with van der Waals surface area (Å²) in [4.78, 5) is 30.0. The van der Waals surface area contributed by atoms with Crippen LogP contribution >= 0.6 is 34.8 Å². The van der Waals surface area contributed by atoms with E-state index in [0.717, 1.165) is 17.7 Å². The molecule has 0 aliphatic carbocycles. The number of rotatable bonds is 3. The van der Waals surface area contributed by atoms with Gasteiger partial charge in [-0.05, 0) is 31.0 Å². The van der Waals surface area contributed by atoms with Crippen LogP contribution in [0.2, 0.25) is 10.0 Å². The van der Waals surface area contributed by atoms with Crippen LogP contribution in [-0.4, -0.2) is 42.2 Å². The first kappa shape index (κ1) is 16.7. The number of nitrogens with zero attached hydrogens (tertiary/aromatic N) is 2. The summed E-state index contributed by atoms with van der Waals surface area (Å²) >= 11 is 18.1. The van der Waals surface area contributed by atoms with Gasteiger partial charge in [-0.2, -0.15) is 0 Å². The highest BCUT2D eigenvalue weighted by Crippen LogP contribution is 2.33. The second-order valence-electron chi connectivity index (χ2n) is 5.30. The molecule has 1 aromatic rings. The lowest BCUT2D eigenvalue weighted by Crippen LogP contribution is -2.31. The number of ether oxygens (including phenoxy) is 1. The van der Waals surface area contributed by atoms with Gasteiger partial charge in [0.15, 0.2) is 5.38 Å². The van der Waals surface area contributed by atoms with Gasteiger partial charge in [0, 0.05) is 11.6 Å². The van der Waals surface area contributed by atoms with Crippen molar-refractivity contribution in [3.05, 3.63) is 28.2 Å². The molecule has 0 radical (unpaired) electrons. The first-order chi connectivity index (χ1) is 11.0. The van der Waals surface area contributed by atoms with E-state index >= 15 is 0 Å². The highest BCUT2D eigenvalue weighted by Gasteiger charge is 2.45. The van der Waals surface area contributed by atoms with E-state index in [2.05, 4.69) is 4.99 Å². The van der Waals surface area contributed by atoms with Crippen LogP contribution in [0.1, 0.15) is 12.8 Å². The van der Waals surface area contributed by atoms with Crippen molar-refractivity contribution in [1.29, 1.82) is 0 Å². The van der Waals surface area contributed by atoms with E-state index in [9.17, 15) is 9.59 Å². The predicted octanol–water partition coefficient (Wildman–Crippen LogP) is 3.09. The van der Waals surface area contributed by atoms with Gasteiger partial charge >= 0.3 is 0 Å². The summed E-state index contributed by atoms with van der Waals surface area (Å²) in [5, 5.41) is -0.528. The number of carbonyl (C=O) groups is 2. The molecule has 122 valence electrons. The van der Waals surface area contributed by atoms with Gasteiger partial charge in [0.05, 0.1) is 23.4 Å². The lowest BCUT2D eigenvalue weighted by atomic mass is 10.2. The predicted molar refractivity (Wildman–Crippen MR) is 89.9 cm³/mol. The van der Waals surface area contributed by atoms with Crippen molar-refractivity contribution in [3.8, 4) is 0 Å². The second kappa shape index (κ2) is 6.77. The largest absolute Gasteiger partial charge is 0.376 e. The maximum absolute atomic E-state index is 12.5. The Labute approximate surface area is 148 Å². The highest BCUT2D eigenvalue weighted by molar-refractivity contribution is 6.68. The Morgan fingerprint density at radius 2 is 2.09 bits per heavy atom. The molecule has 23 heavy (non-hydrogen) atoms. The number of carbonyl (C=O) groups excluding carboxylic acids is 2. The Bertz CT molecular complexity index is 687. The van der Waals surface area contributed by atoms with Gasteiger partial charge in [0.25, 0.3) is 11.8 Å². The number of alkyl halides is 1. The van der Waals surface area contributed by atoms with Crippen molar-refractivity contribution < 1.29 is 14.3 Å². The summed E-state index contributed by atoms with van der Waals surface area (Å²) in [6, 6.07) is 4.54. The maximum Gasteiger partial charge on any atom is 0.281 e. The van der Waals surface area contributed by atoms with Gasteiger partial charge in [0.2, 0.25) is 0 Å². The number of imide groups is 1. The van der Waals surface area contributed by atoms with Gasteiger partial charge in [-0.25, -0.2) is 4.90 Å². The van der Waals surface area contributed by atoms with Crippen molar-refractivity contribution >= 4 is 58.0 Å². The van der Waals surface area contributed by atoms with E-state index in [-0.39, 0.29) is 22.5 Å². The third kappa shape index (κ3) is 3.24. The molecule has 1 unspecified atom stereocenters. The first-order valence-electron chi connectivity index (χ1n) is 7.12. The van der Waals surface area contributed by atoms with Crippen LogP contribution in [0.4, 0.5) is 5.69 Å². The van der Waals surface area contributed by atoms with Crippen LogP contribution in [0, 0.1) is 0 Å². The average Bonchev–Trinajstić information content (AvgIpc) is 3.10. The fourth-order valence-electron chi connectivity index (χ4n) is 2.57. The molecule has 2 heterocycles. The maximum atomic E-state index is 12.5. The zero-order valence-corrected chi connectivity index (χ0v) is 14.2. The number of benzene rings is 1. The third-order valence-electron chi connectivity index (χ3n) is 3.74. The zero-order valence-electron chi connectivity index (χ0n) is 12.0. The number of halogens is 3. The lowest BCUT2D eigenvalue weighted by Gasteiger charge is -2.15. The van der Waals surface area contributed by atoms with Gasteiger partial charge in [0.1, 0.15) is 5.71 Å². The monoisotopic (exact) mass is 374 g/mol. The molecule has 2 saturated heterocycles. The number of amides is 2. The van der Waals surface area contributed by atoms with Crippen LogP contribution in [0.25, 0.3) is 0 Å². The summed E-state index contributed by atoms with van der Waals surface area (Å²) in [6.07, 6.45) is 1.82. The molecular weight excluding hydrogens is 363 g/mol. The smallest absolute Gasteiger partial charge is 0.281 e. The number of anilines is 1. The van der Waals surface area contributed by atoms with Crippen LogP contribution in [-0.2, 0) is 14.3 Å². The molecule has 0 bridgehead atoms. The molecule has 2 amide bonds. The quantitative estimate of drug-likeness (QED) is 0.602. The fraction of sp³-hybridized carbons (Fsp3) is 0.400. The summed E-state index contributed by atoms with van der Waals surface area (Å²) in [6.45, 7) is 1.01. The number of hydrogen-bond donors (Lipinski definition) is 0. The molecule has 1 aromatic carbocycles. The molecule has 2 fully saturated rings. The normalized spacial score (nSPS) is 26.6. The van der Waals surface area contributed by atoms with Gasteiger partial charge < -0.3 is 4.74 Å². The summed E-state index contributed by atoms with van der Waals surface area (Å²) < 4.78 is 5.46. The van der Waals surface area contributed by atoms with Crippen LogP contribution in [0.5, 0.6) is 0 Å². The molecule has 8 heteroatoms. The minimum atomic E-state index is -1.13. The SMILES string of the molecule is O=C1C(=NC[C@H]2CCCO2)C(Cl)C(=O)N1c1cc(Cl)ccc1Cl. The summed E-state index contributed by atoms with van der Waals surface area (Å²) in [7, 11) is 0. The topological polar surface area (TPSA) is 59.0 Å². The first-order valence-corrected chi connectivity index (χ1v) is 8.31. The Kier molecular flexibility index (Phi) is 4.92. The van der Waals surface area contributed by atoms with Crippen LogP contribution in [0.3, 0.4) is 0 Å². The average molecular weight is 376 g/mol. The molecule has 2 aliphatic rings. The molecular formula is C15H13Cl3N2O3. The minimum Gasteiger partial charge on any atom is -0.376 e. The highest BCUT2D eigenvalue weighted by atomic mass is 35.5. The molecule has 2 atom stereocenters. The number of hydrogen-bond acceptors (Lipinski definition) is 4. The molecule has 2 aliphatic heterocycles. The Hall–Kier alpha value is -1.14. The van der Waals surface area contributed by atoms with Crippen LogP contribution in [0.15, 0.2) is 23.2 Å². The van der Waals surface area contributed by atoms with Crippen molar-refractivity contribution in [2.75, 3.05) is 18.1 Å². The third-order valence-corrected chi connectivity index (χ3v) is 4.69. The minimum absolute atomic E-state index is 0.0169. The molecule has 0 spiro atoms. The van der Waals surface area contributed by atoms with Crippen molar-refractivity contribution in [3.63, 3.8) is 0 Å². The summed E-state index contributed by atoms with van der Waals surface area (Å²) in [5.41, 5.74) is 0.227. The molecule has 0 aromatic heterocycles. The van der Waals surface area contributed by atoms with E-state index in [0.29, 0.717) is 18.2 Å². The Morgan fingerprint density at radius 3 is 2.78 bits per heavy atom. The Balaban J connectivity index is 1.88. The van der Waals surface area contributed by atoms with Gasteiger partial charge in [-0.3, -0.25) is 14.6 Å². The van der Waals surface area contributed by atoms with Gasteiger partial charge in [-0.1, -0.05) is 23.2 Å². The van der Waals surface area contributed by atoms with E-state index < -0.39 is 17.2 Å². The van der Waals surface area contributed by atoms with E-state index in [1.165, 1.54) is 12.1 Å². The van der Waals surface area contributed by atoms with Crippen molar-refractivity contribution in [2.24, 2.45) is 4.99 Å². The molecule has 0 N–H and O–H groups in total. The second-order valence-corrected chi connectivity index (χ2v) is 6.58. The standard InChI is InChI=1S/C15H13Cl3N2O3/c16-8-3-4-10(17)11(6-8)20-14(21)12(18)13(15(20)22)19-7-9-2-1-5-23-9/h3-4,6,9,12H,1-2,5,7H2/t9-,12?/m1/s1.